The van der Waals surface area contributed by atoms with Gasteiger partial charge in [0, 0.05) is 19.0 Å². The minimum atomic E-state index is -0.498. The van der Waals surface area contributed by atoms with Gasteiger partial charge < -0.3 is 15.3 Å². The summed E-state index contributed by atoms with van der Waals surface area (Å²) in [6.45, 7) is 0.503. The molecule has 0 atom stereocenters. The van der Waals surface area contributed by atoms with Crippen molar-refractivity contribution in [2.45, 2.75) is 19.4 Å². The standard InChI is InChI=1S/C11H11ClFN3OS/c12-6-4-8-9(5-7(6)13)16(11(18)15-8)3-1-2-10(14)17/h4-5H,1-3H2,(H2,14,17)(H,15,18). The van der Waals surface area contributed by atoms with Gasteiger partial charge in [-0.05, 0) is 24.7 Å². The summed E-state index contributed by atoms with van der Waals surface area (Å²) in [6.07, 6.45) is 0.825. The van der Waals surface area contributed by atoms with E-state index in [9.17, 15) is 9.18 Å². The summed E-state index contributed by atoms with van der Waals surface area (Å²) in [6, 6.07) is 2.82. The molecule has 0 unspecified atom stereocenters. The van der Waals surface area contributed by atoms with Crippen molar-refractivity contribution in [3.05, 3.63) is 27.7 Å². The van der Waals surface area contributed by atoms with Gasteiger partial charge in [-0.15, -0.1) is 0 Å². The molecule has 2 aromatic rings. The second-order valence-corrected chi connectivity index (χ2v) is 4.73. The monoisotopic (exact) mass is 287 g/mol. The number of H-pyrrole nitrogens is 1. The highest BCUT2D eigenvalue weighted by atomic mass is 35.5. The van der Waals surface area contributed by atoms with Gasteiger partial charge in [-0.25, -0.2) is 4.39 Å². The Kier molecular flexibility index (Phi) is 3.68. The smallest absolute Gasteiger partial charge is 0.217 e. The van der Waals surface area contributed by atoms with E-state index in [4.69, 9.17) is 29.6 Å². The van der Waals surface area contributed by atoms with E-state index in [1.165, 1.54) is 12.1 Å². The quantitative estimate of drug-likeness (QED) is 0.849. The second kappa shape index (κ2) is 5.07. The second-order valence-electron chi connectivity index (χ2n) is 3.94. The molecule has 0 saturated heterocycles. The van der Waals surface area contributed by atoms with E-state index in [-0.39, 0.29) is 17.4 Å². The summed E-state index contributed by atoms with van der Waals surface area (Å²) in [5.74, 6) is -0.864. The molecule has 7 heteroatoms. The van der Waals surface area contributed by atoms with Crippen LogP contribution in [-0.2, 0) is 11.3 Å². The molecule has 0 radical (unpaired) electrons. The molecule has 1 heterocycles. The first-order valence-electron chi connectivity index (χ1n) is 5.35. The van der Waals surface area contributed by atoms with Crippen molar-refractivity contribution in [3.8, 4) is 0 Å². The SMILES string of the molecule is NC(=O)CCCn1c(=S)[nH]c2cc(Cl)c(F)cc21. The van der Waals surface area contributed by atoms with Gasteiger partial charge in [0.2, 0.25) is 5.91 Å². The first kappa shape index (κ1) is 13.0. The number of hydrogen-bond acceptors (Lipinski definition) is 2. The number of imidazole rings is 1. The molecule has 0 bridgehead atoms. The predicted octanol–water partition coefficient (Wildman–Crippen LogP) is 2.76. The lowest BCUT2D eigenvalue weighted by Gasteiger charge is -2.03. The molecule has 0 saturated carbocycles. The van der Waals surface area contributed by atoms with Crippen LogP contribution in [0.25, 0.3) is 11.0 Å². The van der Waals surface area contributed by atoms with Crippen molar-refractivity contribution >= 4 is 40.8 Å². The molecular weight excluding hydrogens is 277 g/mol. The highest BCUT2D eigenvalue weighted by molar-refractivity contribution is 7.71. The van der Waals surface area contributed by atoms with E-state index in [0.29, 0.717) is 28.8 Å². The van der Waals surface area contributed by atoms with Crippen LogP contribution in [0.1, 0.15) is 12.8 Å². The van der Waals surface area contributed by atoms with Crippen LogP contribution >= 0.6 is 23.8 Å². The van der Waals surface area contributed by atoms with E-state index < -0.39 is 5.82 Å². The third kappa shape index (κ3) is 2.54. The highest BCUT2D eigenvalue weighted by Crippen LogP contribution is 2.23. The van der Waals surface area contributed by atoms with Crippen LogP contribution in [-0.4, -0.2) is 15.5 Å². The minimum absolute atomic E-state index is 0.0445. The molecule has 0 aliphatic heterocycles. The Morgan fingerprint density at radius 1 is 1.56 bits per heavy atom. The molecule has 18 heavy (non-hydrogen) atoms. The molecule has 1 amide bonds. The average molecular weight is 288 g/mol. The summed E-state index contributed by atoms with van der Waals surface area (Å²) < 4.78 is 15.6. The van der Waals surface area contributed by atoms with Gasteiger partial charge in [-0.3, -0.25) is 4.79 Å². The Labute approximate surface area is 113 Å². The number of nitrogens with zero attached hydrogens (tertiary/aromatic N) is 1. The van der Waals surface area contributed by atoms with Gasteiger partial charge in [0.25, 0.3) is 0 Å². The number of aryl methyl sites for hydroxylation is 1. The molecule has 1 aromatic heterocycles. The molecule has 0 aliphatic carbocycles. The molecule has 0 fully saturated rings. The number of fused-ring (bicyclic) bond motifs is 1. The maximum atomic E-state index is 13.4. The summed E-state index contributed by atoms with van der Waals surface area (Å²) in [5.41, 5.74) is 6.37. The van der Waals surface area contributed by atoms with Gasteiger partial charge >= 0.3 is 0 Å². The van der Waals surface area contributed by atoms with E-state index >= 15 is 0 Å². The number of hydrogen-bond donors (Lipinski definition) is 2. The summed E-state index contributed by atoms with van der Waals surface area (Å²) in [4.78, 5) is 13.6. The van der Waals surface area contributed by atoms with Gasteiger partial charge in [0.05, 0.1) is 16.1 Å². The van der Waals surface area contributed by atoms with Crippen molar-refractivity contribution < 1.29 is 9.18 Å². The van der Waals surface area contributed by atoms with Gasteiger partial charge in [-0.2, -0.15) is 0 Å². The molecular formula is C11H11ClFN3OS. The van der Waals surface area contributed by atoms with E-state index in [1.54, 1.807) is 4.57 Å². The fourth-order valence-electron chi connectivity index (χ4n) is 1.79. The molecule has 2 rings (SSSR count). The lowest BCUT2D eigenvalue weighted by atomic mass is 10.2. The fraction of sp³-hybridized carbons (Fsp3) is 0.273. The van der Waals surface area contributed by atoms with Crippen molar-refractivity contribution in [2.24, 2.45) is 5.73 Å². The Bertz CT molecular complexity index is 664. The minimum Gasteiger partial charge on any atom is -0.370 e. The number of rotatable bonds is 4. The van der Waals surface area contributed by atoms with Crippen molar-refractivity contribution in [3.63, 3.8) is 0 Å². The number of primary amides is 1. The topological polar surface area (TPSA) is 63.8 Å². The van der Waals surface area contributed by atoms with Crippen molar-refractivity contribution in [1.29, 1.82) is 0 Å². The van der Waals surface area contributed by atoms with Gasteiger partial charge in [-0.1, -0.05) is 11.6 Å². The number of carbonyl (C=O) groups is 1. The zero-order valence-electron chi connectivity index (χ0n) is 9.37. The summed E-state index contributed by atoms with van der Waals surface area (Å²) in [7, 11) is 0. The fourth-order valence-corrected chi connectivity index (χ4v) is 2.25. The molecule has 0 aliphatic rings. The first-order chi connectivity index (χ1) is 8.49. The summed E-state index contributed by atoms with van der Waals surface area (Å²) in [5, 5.41) is 0.0445. The van der Waals surface area contributed by atoms with Crippen LogP contribution in [0.15, 0.2) is 12.1 Å². The first-order valence-corrected chi connectivity index (χ1v) is 6.13. The van der Waals surface area contributed by atoms with Crippen molar-refractivity contribution in [1.82, 2.24) is 9.55 Å². The Morgan fingerprint density at radius 3 is 2.94 bits per heavy atom. The lowest BCUT2D eigenvalue weighted by molar-refractivity contribution is -0.118. The molecule has 0 spiro atoms. The Balaban J connectivity index is 2.37. The molecule has 96 valence electrons. The highest BCUT2D eigenvalue weighted by Gasteiger charge is 2.09. The number of aromatic nitrogens is 2. The van der Waals surface area contributed by atoms with Crippen LogP contribution in [0, 0.1) is 10.6 Å². The third-order valence-corrected chi connectivity index (χ3v) is 3.23. The number of benzene rings is 1. The van der Waals surface area contributed by atoms with E-state index in [1.807, 2.05) is 0 Å². The van der Waals surface area contributed by atoms with Crippen LogP contribution in [0.4, 0.5) is 4.39 Å². The molecule has 1 aromatic carbocycles. The lowest BCUT2D eigenvalue weighted by Crippen LogP contribution is -2.11. The zero-order valence-corrected chi connectivity index (χ0v) is 10.9. The Morgan fingerprint density at radius 2 is 2.28 bits per heavy atom. The molecule has 4 nitrogen and oxygen atoms in total. The number of aromatic amines is 1. The largest absolute Gasteiger partial charge is 0.370 e. The number of nitrogens with two attached hydrogens (primary N) is 1. The van der Waals surface area contributed by atoms with E-state index in [0.717, 1.165) is 0 Å². The van der Waals surface area contributed by atoms with Crippen LogP contribution in [0.2, 0.25) is 5.02 Å². The van der Waals surface area contributed by atoms with E-state index in [2.05, 4.69) is 4.98 Å². The number of halogens is 2. The number of nitrogens with one attached hydrogen (secondary N) is 1. The average Bonchev–Trinajstić information content (AvgIpc) is 2.56. The maximum absolute atomic E-state index is 13.4. The molecule has 3 N–H and O–H groups in total. The zero-order chi connectivity index (χ0) is 13.3. The summed E-state index contributed by atoms with van der Waals surface area (Å²) >= 11 is 10.8. The van der Waals surface area contributed by atoms with Crippen LogP contribution in [0.3, 0.4) is 0 Å². The van der Waals surface area contributed by atoms with Crippen molar-refractivity contribution in [2.75, 3.05) is 0 Å². The third-order valence-electron chi connectivity index (χ3n) is 2.62. The van der Waals surface area contributed by atoms with Crippen LogP contribution < -0.4 is 5.73 Å². The Hall–Kier alpha value is -1.40. The maximum Gasteiger partial charge on any atom is 0.217 e. The predicted molar refractivity (Wildman–Crippen MR) is 70.5 cm³/mol. The number of amides is 1. The number of carbonyl (C=O) groups excluding carboxylic acids is 1. The van der Waals surface area contributed by atoms with Gasteiger partial charge in [0.15, 0.2) is 4.77 Å². The van der Waals surface area contributed by atoms with Gasteiger partial charge in [0.1, 0.15) is 5.82 Å². The van der Waals surface area contributed by atoms with Crippen LogP contribution in [0.5, 0.6) is 0 Å². The normalized spacial score (nSPS) is 11.0.